The molecule has 0 atom stereocenters. The van der Waals surface area contributed by atoms with Crippen LogP contribution < -0.4 is 36.0 Å². The molecular formula is C39H39N3O5. The van der Waals surface area contributed by atoms with Gasteiger partial charge in [0.05, 0.1) is 14.2 Å². The summed E-state index contributed by atoms with van der Waals surface area (Å²) in [5.74, 6) is 2.30. The molecule has 47 heavy (non-hydrogen) atoms. The number of aromatic nitrogens is 2. The van der Waals surface area contributed by atoms with Gasteiger partial charge in [-0.3, -0.25) is 14.5 Å². The van der Waals surface area contributed by atoms with Crippen LogP contribution in [0.4, 0.5) is 0 Å². The number of methoxy groups -OCH3 is 2. The van der Waals surface area contributed by atoms with Gasteiger partial charge in [0.25, 0.3) is 11.1 Å². The van der Waals surface area contributed by atoms with Gasteiger partial charge in [0.2, 0.25) is 0 Å². The van der Waals surface area contributed by atoms with Crippen LogP contribution in [0, 0.1) is 0 Å². The Labute approximate surface area is 273 Å². The number of hydrogen-bond donors (Lipinski definition) is 1. The molecule has 1 aliphatic heterocycles. The smallest absolute Gasteiger partial charge is 0.274 e. The van der Waals surface area contributed by atoms with Crippen molar-refractivity contribution in [1.29, 1.82) is 0 Å². The molecule has 0 aliphatic carbocycles. The lowest BCUT2D eigenvalue weighted by molar-refractivity contribution is 0.255. The number of aromatic amines is 1. The zero-order valence-electron chi connectivity index (χ0n) is 27.0. The number of ether oxygens (including phenoxy) is 3. The van der Waals surface area contributed by atoms with Crippen molar-refractivity contribution in [2.45, 2.75) is 26.0 Å². The maximum Gasteiger partial charge on any atom is 0.274 e. The molecule has 2 heterocycles. The van der Waals surface area contributed by atoms with Crippen LogP contribution in [-0.4, -0.2) is 41.8 Å². The lowest BCUT2D eigenvalue weighted by Crippen LogP contribution is -2.52. The molecular weight excluding hydrogens is 590 g/mol. The van der Waals surface area contributed by atoms with E-state index in [9.17, 15) is 9.59 Å². The summed E-state index contributed by atoms with van der Waals surface area (Å²) in [4.78, 5) is 31.0. The summed E-state index contributed by atoms with van der Waals surface area (Å²) < 4.78 is 18.4. The molecule has 0 spiro atoms. The zero-order valence-corrected chi connectivity index (χ0v) is 27.0. The van der Waals surface area contributed by atoms with Gasteiger partial charge >= 0.3 is 0 Å². The molecule has 0 saturated carbocycles. The van der Waals surface area contributed by atoms with Gasteiger partial charge in [-0.15, -0.1) is 0 Å². The van der Waals surface area contributed by atoms with Crippen LogP contribution in [0.2, 0.25) is 0 Å². The molecule has 8 nitrogen and oxygen atoms in total. The lowest BCUT2D eigenvalue weighted by atomic mass is 9.98. The van der Waals surface area contributed by atoms with E-state index in [1.165, 1.54) is 21.3 Å². The molecule has 1 aromatic heterocycles. The minimum atomic E-state index is -0.326. The summed E-state index contributed by atoms with van der Waals surface area (Å²) >= 11 is 0. The fourth-order valence-corrected chi connectivity index (χ4v) is 5.86. The van der Waals surface area contributed by atoms with Crippen LogP contribution in [0.25, 0.3) is 12.2 Å². The Morgan fingerprint density at radius 1 is 0.787 bits per heavy atom. The number of hydrogen-bond acceptors (Lipinski definition) is 6. The lowest BCUT2D eigenvalue weighted by Gasteiger charge is -2.29. The van der Waals surface area contributed by atoms with Crippen molar-refractivity contribution in [1.82, 2.24) is 14.5 Å². The van der Waals surface area contributed by atoms with E-state index in [0.717, 1.165) is 66.4 Å². The second-order valence-electron chi connectivity index (χ2n) is 11.7. The van der Waals surface area contributed by atoms with Crippen molar-refractivity contribution in [3.63, 3.8) is 0 Å². The molecule has 0 saturated heterocycles. The Hall–Kier alpha value is -5.34. The maximum absolute atomic E-state index is 13.0. The van der Waals surface area contributed by atoms with Crippen LogP contribution in [-0.2, 0) is 33.0 Å². The van der Waals surface area contributed by atoms with Crippen LogP contribution in [0.15, 0.2) is 101 Å². The molecule has 4 aromatic carbocycles. The normalized spacial score (nSPS) is 13.8. The van der Waals surface area contributed by atoms with E-state index in [4.69, 9.17) is 14.2 Å². The van der Waals surface area contributed by atoms with Gasteiger partial charge in [-0.2, -0.15) is 0 Å². The highest BCUT2D eigenvalue weighted by Crippen LogP contribution is 2.33. The number of H-pyrrole nitrogens is 1. The quantitative estimate of drug-likeness (QED) is 0.252. The number of rotatable bonds is 10. The number of nitrogens with zero attached hydrogens (tertiary/aromatic N) is 2. The van der Waals surface area contributed by atoms with Crippen LogP contribution >= 0.6 is 0 Å². The first kappa shape index (κ1) is 31.6. The van der Waals surface area contributed by atoms with Crippen LogP contribution in [0.1, 0.15) is 33.4 Å². The van der Waals surface area contributed by atoms with Gasteiger partial charge in [0.1, 0.15) is 23.1 Å². The van der Waals surface area contributed by atoms with Gasteiger partial charge < -0.3 is 23.8 Å². The van der Waals surface area contributed by atoms with Crippen molar-refractivity contribution in [3.05, 3.63) is 156 Å². The van der Waals surface area contributed by atoms with E-state index >= 15 is 0 Å². The Morgan fingerprint density at radius 3 is 2.15 bits per heavy atom. The van der Waals surface area contributed by atoms with Gasteiger partial charge in [-0.25, -0.2) is 0 Å². The van der Waals surface area contributed by atoms with Crippen molar-refractivity contribution in [3.8, 4) is 17.2 Å². The summed E-state index contributed by atoms with van der Waals surface area (Å²) in [5, 5.41) is 0.522. The summed E-state index contributed by atoms with van der Waals surface area (Å²) in [5.41, 5.74) is 6.05. The van der Waals surface area contributed by atoms with Crippen LogP contribution in [0.3, 0.4) is 0 Å². The van der Waals surface area contributed by atoms with E-state index in [1.54, 1.807) is 33.4 Å². The van der Waals surface area contributed by atoms with E-state index in [2.05, 4.69) is 46.3 Å². The molecule has 1 N–H and O–H groups in total. The van der Waals surface area contributed by atoms with E-state index in [0.29, 0.717) is 12.0 Å². The first-order valence-corrected chi connectivity index (χ1v) is 15.7. The van der Waals surface area contributed by atoms with Crippen molar-refractivity contribution < 1.29 is 14.2 Å². The molecule has 240 valence electrons. The summed E-state index contributed by atoms with van der Waals surface area (Å²) in [6.45, 7) is 3.37. The molecule has 0 unspecified atom stereocenters. The van der Waals surface area contributed by atoms with E-state index in [1.807, 2.05) is 54.6 Å². The van der Waals surface area contributed by atoms with Crippen molar-refractivity contribution >= 4 is 12.2 Å². The largest absolute Gasteiger partial charge is 0.493 e. The standard InChI is InChI=1S/C39H39N3O5/c1-41-35(22-28-7-5-4-6-8-28)38(43)40-34(39(41)44)21-29-13-15-33(16-14-29)47-26-30-11-9-27(10-12-30)17-19-42-20-18-31-23-36(45-2)37(46-3)24-32(31)25-42/h4-16,21-24H,17-20,25-26H2,1-3H3,(H,40,43). The molecule has 5 aromatic rings. The highest BCUT2D eigenvalue weighted by atomic mass is 16.5. The van der Waals surface area contributed by atoms with Crippen LogP contribution in [0.5, 0.6) is 17.2 Å². The Morgan fingerprint density at radius 2 is 1.45 bits per heavy atom. The third kappa shape index (κ3) is 7.56. The van der Waals surface area contributed by atoms with Crippen molar-refractivity contribution in [2.75, 3.05) is 27.3 Å². The molecule has 6 rings (SSSR count). The highest BCUT2D eigenvalue weighted by Gasteiger charge is 2.19. The van der Waals surface area contributed by atoms with Gasteiger partial charge in [0.15, 0.2) is 11.5 Å². The zero-order chi connectivity index (χ0) is 32.8. The third-order valence-electron chi connectivity index (χ3n) is 8.61. The number of benzene rings is 4. The Balaban J connectivity index is 1.03. The summed E-state index contributed by atoms with van der Waals surface area (Å²) in [6, 6.07) is 29.7. The van der Waals surface area contributed by atoms with Gasteiger partial charge in [0, 0.05) is 26.7 Å². The number of fused-ring (bicyclic) bond motifs is 1. The third-order valence-corrected chi connectivity index (χ3v) is 8.61. The topological polar surface area (TPSA) is 85.8 Å². The van der Waals surface area contributed by atoms with Crippen molar-refractivity contribution in [2.24, 2.45) is 7.05 Å². The molecule has 8 heteroatoms. The van der Waals surface area contributed by atoms with E-state index < -0.39 is 0 Å². The molecule has 0 radical (unpaired) electrons. The average molecular weight is 630 g/mol. The van der Waals surface area contributed by atoms with E-state index in [-0.39, 0.29) is 16.5 Å². The fraction of sp³-hybridized carbons (Fsp3) is 0.231. The first-order valence-electron chi connectivity index (χ1n) is 15.7. The maximum atomic E-state index is 13.0. The average Bonchev–Trinajstić information content (AvgIpc) is 3.11. The summed E-state index contributed by atoms with van der Waals surface area (Å²) in [6.07, 6.45) is 5.36. The molecule has 1 aliphatic rings. The summed E-state index contributed by atoms with van der Waals surface area (Å²) in [7, 11) is 4.97. The predicted octanol–water partition coefficient (Wildman–Crippen LogP) is 3.93. The van der Waals surface area contributed by atoms with Gasteiger partial charge in [-0.05, 0) is 82.6 Å². The Bertz CT molecular complexity index is 2080. The molecule has 0 amide bonds. The monoisotopic (exact) mass is 629 g/mol. The number of nitrogens with one attached hydrogen (secondary N) is 1. The molecule has 0 fully saturated rings. The highest BCUT2D eigenvalue weighted by molar-refractivity contribution is 5.51. The molecule has 0 bridgehead atoms. The predicted molar refractivity (Wildman–Crippen MR) is 185 cm³/mol. The minimum Gasteiger partial charge on any atom is -0.493 e. The minimum absolute atomic E-state index is 0.225. The first-order chi connectivity index (χ1) is 22.9. The second-order valence-corrected chi connectivity index (χ2v) is 11.7. The van der Waals surface area contributed by atoms with Gasteiger partial charge in [-0.1, -0.05) is 66.7 Å². The SMILES string of the molecule is COc1cc2c(cc1OC)CN(CCc1ccc(COc3ccc(C=c4[nH]c(=O)c(=Cc5ccccc5)n(C)c4=O)cc3)cc1)CC2. The fourth-order valence-electron chi connectivity index (χ4n) is 5.86. The Kier molecular flexibility index (Phi) is 9.69. The second kappa shape index (κ2) is 14.4.